The quantitative estimate of drug-likeness (QED) is 0.581. The fourth-order valence-electron chi connectivity index (χ4n) is 3.55. The number of halogens is 1. The zero-order chi connectivity index (χ0) is 21.3. The van der Waals surface area contributed by atoms with Crippen LogP contribution in [0, 0.1) is 5.92 Å². The molecule has 2 aromatic carbocycles. The monoisotopic (exact) mass is 442 g/mol. The molecule has 8 heteroatoms. The number of benzene rings is 2. The number of likely N-dealkylation sites (N-methyl/N-ethyl adjacent to an activating group) is 1. The van der Waals surface area contributed by atoms with Crippen molar-refractivity contribution in [1.82, 2.24) is 9.88 Å². The number of aromatic nitrogens is 1. The summed E-state index contributed by atoms with van der Waals surface area (Å²) in [6, 6.07) is 15.0. The molecule has 0 radical (unpaired) electrons. The van der Waals surface area contributed by atoms with Gasteiger partial charge >= 0.3 is 0 Å². The molecule has 1 aromatic heterocycles. The summed E-state index contributed by atoms with van der Waals surface area (Å²) in [4.78, 5) is 36.2. The number of rotatable bonds is 6. The molecule has 1 aliphatic rings. The molecule has 1 fully saturated rings. The fraction of sp³-hybridized carbons (Fsp3) is 0.318. The van der Waals surface area contributed by atoms with Crippen LogP contribution in [-0.4, -0.2) is 55.4 Å². The maximum atomic E-state index is 13.5. The van der Waals surface area contributed by atoms with E-state index in [4.69, 9.17) is 11.6 Å². The summed E-state index contributed by atoms with van der Waals surface area (Å²) in [6.45, 7) is 1.60. The first-order valence-corrected chi connectivity index (χ1v) is 11.0. The first-order chi connectivity index (χ1) is 14.4. The van der Waals surface area contributed by atoms with Crippen LogP contribution in [0.25, 0.3) is 10.2 Å². The lowest BCUT2D eigenvalue weighted by Crippen LogP contribution is -2.41. The summed E-state index contributed by atoms with van der Waals surface area (Å²) in [5, 5.41) is 1.29. The zero-order valence-corrected chi connectivity index (χ0v) is 18.5. The second kappa shape index (κ2) is 8.71. The number of nitrogens with zero attached hydrogens (tertiary/aromatic N) is 4. The van der Waals surface area contributed by atoms with Crippen LogP contribution < -0.4 is 9.80 Å². The molecule has 0 spiro atoms. The topological polar surface area (TPSA) is 56.8 Å². The Morgan fingerprint density at radius 1 is 1.20 bits per heavy atom. The summed E-state index contributed by atoms with van der Waals surface area (Å²) in [7, 11) is 3.94. The molecule has 0 bridgehead atoms. The van der Waals surface area contributed by atoms with E-state index in [1.54, 1.807) is 15.9 Å². The number of thiazole rings is 1. The third kappa shape index (κ3) is 4.33. The Bertz CT molecular complexity index is 1070. The van der Waals surface area contributed by atoms with Crippen LogP contribution in [0.2, 0.25) is 5.02 Å². The highest BCUT2D eigenvalue weighted by molar-refractivity contribution is 7.22. The minimum Gasteiger partial charge on any atom is -0.312 e. The third-order valence-electron chi connectivity index (χ3n) is 5.15. The number of fused-ring (bicyclic) bond motifs is 1. The van der Waals surface area contributed by atoms with Gasteiger partial charge in [-0.25, -0.2) is 4.98 Å². The number of hydrogen-bond donors (Lipinski definition) is 0. The molecule has 0 saturated carbocycles. The van der Waals surface area contributed by atoms with Gasteiger partial charge in [-0.2, -0.15) is 0 Å². The molecule has 1 unspecified atom stereocenters. The number of anilines is 2. The van der Waals surface area contributed by atoms with Crippen molar-refractivity contribution in [1.29, 1.82) is 0 Å². The molecule has 0 N–H and O–H groups in total. The summed E-state index contributed by atoms with van der Waals surface area (Å²) in [6.07, 6.45) is 0.211. The number of para-hydroxylation sites is 1. The Labute approximate surface area is 184 Å². The molecule has 1 atom stereocenters. The van der Waals surface area contributed by atoms with Crippen molar-refractivity contribution in [3.05, 3.63) is 53.6 Å². The Morgan fingerprint density at radius 3 is 2.70 bits per heavy atom. The number of carbonyl (C=O) groups is 2. The number of carbonyl (C=O) groups excluding carboxylic acids is 2. The number of hydrogen-bond acceptors (Lipinski definition) is 5. The molecular formula is C22H23ClN4O2S. The standard InChI is InChI=1S/C22H23ClN4O2S/c1-25(2)10-11-26(22-24-18-9-8-16(23)13-19(18)30-22)21(29)15-12-20(28)27(14-15)17-6-4-3-5-7-17/h3-9,13,15H,10-12,14H2,1-2H3. The van der Waals surface area contributed by atoms with E-state index in [1.165, 1.54) is 11.3 Å². The van der Waals surface area contributed by atoms with Gasteiger partial charge in [0.2, 0.25) is 11.8 Å². The zero-order valence-electron chi connectivity index (χ0n) is 16.9. The van der Waals surface area contributed by atoms with Gasteiger partial charge in [0.05, 0.1) is 16.1 Å². The molecule has 1 saturated heterocycles. The SMILES string of the molecule is CN(C)CCN(C(=O)C1CC(=O)N(c2ccccc2)C1)c1nc2ccc(Cl)cc2s1. The van der Waals surface area contributed by atoms with Crippen LogP contribution >= 0.6 is 22.9 Å². The van der Waals surface area contributed by atoms with Gasteiger partial charge in [-0.05, 0) is 44.4 Å². The average molecular weight is 443 g/mol. The Kier molecular flexibility index (Phi) is 6.04. The van der Waals surface area contributed by atoms with Crippen molar-refractivity contribution < 1.29 is 9.59 Å². The second-order valence-electron chi connectivity index (χ2n) is 7.64. The van der Waals surface area contributed by atoms with E-state index in [2.05, 4.69) is 4.98 Å². The highest BCUT2D eigenvalue weighted by Gasteiger charge is 2.38. The van der Waals surface area contributed by atoms with Gasteiger partial charge in [0, 0.05) is 36.8 Å². The highest BCUT2D eigenvalue weighted by Crippen LogP contribution is 2.33. The lowest BCUT2D eigenvalue weighted by atomic mass is 10.1. The van der Waals surface area contributed by atoms with Gasteiger partial charge in [-0.15, -0.1) is 0 Å². The van der Waals surface area contributed by atoms with Crippen LogP contribution in [0.4, 0.5) is 10.8 Å². The summed E-state index contributed by atoms with van der Waals surface area (Å²) < 4.78 is 0.938. The summed E-state index contributed by atoms with van der Waals surface area (Å²) >= 11 is 7.56. The van der Waals surface area contributed by atoms with Gasteiger partial charge in [-0.1, -0.05) is 41.1 Å². The molecule has 156 valence electrons. The maximum absolute atomic E-state index is 13.5. The van der Waals surface area contributed by atoms with Crippen LogP contribution in [0.5, 0.6) is 0 Å². The normalized spacial score (nSPS) is 16.6. The molecule has 30 heavy (non-hydrogen) atoms. The van der Waals surface area contributed by atoms with Crippen molar-refractivity contribution in [2.75, 3.05) is 43.5 Å². The van der Waals surface area contributed by atoms with Crippen molar-refractivity contribution in [3.8, 4) is 0 Å². The van der Waals surface area contributed by atoms with Gasteiger partial charge < -0.3 is 9.80 Å². The Balaban J connectivity index is 1.60. The van der Waals surface area contributed by atoms with Crippen molar-refractivity contribution in [2.45, 2.75) is 6.42 Å². The summed E-state index contributed by atoms with van der Waals surface area (Å²) in [5.41, 5.74) is 1.64. The van der Waals surface area contributed by atoms with E-state index in [-0.39, 0.29) is 18.2 Å². The van der Waals surface area contributed by atoms with E-state index in [0.717, 1.165) is 15.9 Å². The molecule has 1 aliphatic heterocycles. The lowest BCUT2D eigenvalue weighted by Gasteiger charge is -2.24. The van der Waals surface area contributed by atoms with E-state index >= 15 is 0 Å². The highest BCUT2D eigenvalue weighted by atomic mass is 35.5. The third-order valence-corrected chi connectivity index (χ3v) is 6.43. The van der Waals surface area contributed by atoms with Gasteiger partial charge in [0.15, 0.2) is 5.13 Å². The van der Waals surface area contributed by atoms with E-state index in [1.807, 2.05) is 61.5 Å². The van der Waals surface area contributed by atoms with E-state index < -0.39 is 5.92 Å². The molecule has 4 rings (SSSR count). The average Bonchev–Trinajstić information content (AvgIpc) is 3.31. The van der Waals surface area contributed by atoms with Gasteiger partial charge in [-0.3, -0.25) is 14.5 Å². The molecule has 3 aromatic rings. The minimum absolute atomic E-state index is 0.0248. The van der Waals surface area contributed by atoms with E-state index in [0.29, 0.717) is 29.8 Å². The van der Waals surface area contributed by atoms with Crippen LogP contribution in [0.1, 0.15) is 6.42 Å². The first kappa shape index (κ1) is 20.8. The smallest absolute Gasteiger partial charge is 0.234 e. The maximum Gasteiger partial charge on any atom is 0.234 e. The van der Waals surface area contributed by atoms with Gasteiger partial charge in [0.25, 0.3) is 0 Å². The predicted molar refractivity (Wildman–Crippen MR) is 122 cm³/mol. The predicted octanol–water partition coefficient (Wildman–Crippen LogP) is 3.90. The van der Waals surface area contributed by atoms with E-state index in [9.17, 15) is 9.59 Å². The number of amides is 2. The summed E-state index contributed by atoms with van der Waals surface area (Å²) in [5.74, 6) is -0.479. The van der Waals surface area contributed by atoms with Crippen LogP contribution in [0.15, 0.2) is 48.5 Å². The molecule has 6 nitrogen and oxygen atoms in total. The molecule has 0 aliphatic carbocycles. The Hall–Kier alpha value is -2.48. The molecule has 2 amide bonds. The molecule has 2 heterocycles. The van der Waals surface area contributed by atoms with Crippen LogP contribution in [-0.2, 0) is 9.59 Å². The van der Waals surface area contributed by atoms with Crippen molar-refractivity contribution in [3.63, 3.8) is 0 Å². The minimum atomic E-state index is -0.393. The van der Waals surface area contributed by atoms with Crippen molar-refractivity contribution >= 4 is 55.8 Å². The lowest BCUT2D eigenvalue weighted by molar-refractivity contribution is -0.124. The second-order valence-corrected chi connectivity index (χ2v) is 9.09. The first-order valence-electron chi connectivity index (χ1n) is 9.80. The molecular weight excluding hydrogens is 420 g/mol. The van der Waals surface area contributed by atoms with Gasteiger partial charge in [0.1, 0.15) is 0 Å². The van der Waals surface area contributed by atoms with Crippen LogP contribution in [0.3, 0.4) is 0 Å². The van der Waals surface area contributed by atoms with Crippen molar-refractivity contribution in [2.24, 2.45) is 5.92 Å². The fourth-order valence-corrected chi connectivity index (χ4v) is 4.83. The largest absolute Gasteiger partial charge is 0.312 e. The Morgan fingerprint density at radius 2 is 1.97 bits per heavy atom.